The summed E-state index contributed by atoms with van der Waals surface area (Å²) in [5.74, 6) is 0.724. The summed E-state index contributed by atoms with van der Waals surface area (Å²) in [6.45, 7) is 5.10. The minimum atomic E-state index is 0.106. The highest BCUT2D eigenvalue weighted by atomic mass is 16.2. The Labute approximate surface area is 196 Å². The fourth-order valence-electron chi connectivity index (χ4n) is 5.51. The lowest BCUT2D eigenvalue weighted by molar-refractivity contribution is -0.132. The molecule has 0 unspecified atom stereocenters. The van der Waals surface area contributed by atoms with Crippen LogP contribution in [0, 0.1) is 0 Å². The third-order valence-corrected chi connectivity index (χ3v) is 7.52. The monoisotopic (exact) mass is 446 g/mol. The van der Waals surface area contributed by atoms with Crippen molar-refractivity contribution in [3.8, 4) is 0 Å². The van der Waals surface area contributed by atoms with Crippen LogP contribution in [0.3, 0.4) is 0 Å². The second kappa shape index (κ2) is 9.94. The van der Waals surface area contributed by atoms with Gasteiger partial charge >= 0.3 is 0 Å². The van der Waals surface area contributed by atoms with Crippen molar-refractivity contribution < 1.29 is 9.59 Å². The number of hydrogen-bond acceptors (Lipinski definition) is 4. The molecular formula is C27H34N4O2. The maximum atomic E-state index is 12.8. The topological polar surface area (TPSA) is 56.8 Å². The predicted octanol–water partition coefficient (Wildman–Crippen LogP) is 3.87. The number of pyridine rings is 1. The van der Waals surface area contributed by atoms with Crippen LogP contribution in [-0.4, -0.2) is 65.9 Å². The van der Waals surface area contributed by atoms with Crippen molar-refractivity contribution in [1.29, 1.82) is 0 Å². The molecule has 1 aromatic carbocycles. The largest absolute Gasteiger partial charge is 0.370 e. The number of benzene rings is 1. The SMILES string of the molecule is O=C(CCN1CCc2ccccc21)N1CCC(c2ccc(C(=O)N3CCCCC3)cn2)CC1. The molecule has 0 N–H and O–H groups in total. The molecule has 6 heteroatoms. The third-order valence-electron chi connectivity index (χ3n) is 7.52. The first-order chi connectivity index (χ1) is 16.2. The van der Waals surface area contributed by atoms with Crippen molar-refractivity contribution in [2.75, 3.05) is 44.2 Å². The van der Waals surface area contributed by atoms with Gasteiger partial charge in [-0.1, -0.05) is 18.2 Å². The van der Waals surface area contributed by atoms with Crippen molar-refractivity contribution in [2.24, 2.45) is 0 Å². The lowest BCUT2D eigenvalue weighted by Crippen LogP contribution is -2.39. The predicted molar refractivity (Wildman–Crippen MR) is 130 cm³/mol. The minimum Gasteiger partial charge on any atom is -0.370 e. The van der Waals surface area contributed by atoms with E-state index in [2.05, 4.69) is 34.1 Å². The molecule has 0 bridgehead atoms. The second-order valence-corrected chi connectivity index (χ2v) is 9.60. The third kappa shape index (κ3) is 4.90. The number of hydrogen-bond donors (Lipinski definition) is 0. The van der Waals surface area contributed by atoms with Crippen LogP contribution in [0.15, 0.2) is 42.6 Å². The number of piperidine rings is 2. The van der Waals surface area contributed by atoms with Gasteiger partial charge in [0.25, 0.3) is 5.91 Å². The lowest BCUT2D eigenvalue weighted by Gasteiger charge is -2.32. The molecule has 33 heavy (non-hydrogen) atoms. The van der Waals surface area contributed by atoms with Crippen molar-refractivity contribution in [3.63, 3.8) is 0 Å². The van der Waals surface area contributed by atoms with Crippen molar-refractivity contribution in [3.05, 3.63) is 59.4 Å². The molecule has 2 amide bonds. The maximum Gasteiger partial charge on any atom is 0.255 e. The van der Waals surface area contributed by atoms with Gasteiger partial charge in [-0.2, -0.15) is 0 Å². The second-order valence-electron chi connectivity index (χ2n) is 9.60. The van der Waals surface area contributed by atoms with E-state index in [1.807, 2.05) is 21.9 Å². The summed E-state index contributed by atoms with van der Waals surface area (Å²) in [6.07, 6.45) is 8.68. The zero-order chi connectivity index (χ0) is 22.6. The summed E-state index contributed by atoms with van der Waals surface area (Å²) >= 11 is 0. The van der Waals surface area contributed by atoms with Crippen LogP contribution >= 0.6 is 0 Å². The van der Waals surface area contributed by atoms with Gasteiger partial charge in [0.05, 0.1) is 5.56 Å². The van der Waals surface area contributed by atoms with Crippen molar-refractivity contribution in [2.45, 2.75) is 50.9 Å². The smallest absolute Gasteiger partial charge is 0.255 e. The standard InChI is InChI=1S/C27H34N4O2/c32-26(13-19-29-16-12-22-6-2-3-7-25(22)29)30-17-10-21(11-18-30)24-9-8-23(20-28-24)27(33)31-14-4-1-5-15-31/h2-3,6-9,20-21H,1,4-5,10-19H2. The van der Waals surface area contributed by atoms with Gasteiger partial charge in [-0.3, -0.25) is 14.6 Å². The van der Waals surface area contributed by atoms with E-state index >= 15 is 0 Å². The zero-order valence-corrected chi connectivity index (χ0v) is 19.4. The van der Waals surface area contributed by atoms with E-state index < -0.39 is 0 Å². The molecule has 2 fully saturated rings. The number of carbonyl (C=O) groups is 2. The molecule has 0 atom stereocenters. The van der Waals surface area contributed by atoms with E-state index in [0.29, 0.717) is 17.9 Å². The van der Waals surface area contributed by atoms with Crippen LogP contribution in [0.25, 0.3) is 0 Å². The Bertz CT molecular complexity index is 976. The van der Waals surface area contributed by atoms with Crippen LogP contribution in [0.1, 0.15) is 66.1 Å². The number of aromatic nitrogens is 1. The normalized spacial score (nSPS) is 19.0. The highest BCUT2D eigenvalue weighted by Crippen LogP contribution is 2.29. The molecule has 4 heterocycles. The first-order valence-electron chi connectivity index (χ1n) is 12.5. The van der Waals surface area contributed by atoms with Gasteiger partial charge < -0.3 is 14.7 Å². The Kier molecular flexibility index (Phi) is 6.60. The molecule has 1 aromatic heterocycles. The van der Waals surface area contributed by atoms with E-state index in [4.69, 9.17) is 0 Å². The average Bonchev–Trinajstić information content (AvgIpc) is 3.31. The fourth-order valence-corrected chi connectivity index (χ4v) is 5.51. The van der Waals surface area contributed by atoms with Gasteiger partial charge in [0.1, 0.15) is 0 Å². The van der Waals surface area contributed by atoms with Gasteiger partial charge in [0.2, 0.25) is 5.91 Å². The quantitative estimate of drug-likeness (QED) is 0.700. The minimum absolute atomic E-state index is 0.106. The van der Waals surface area contributed by atoms with E-state index in [1.165, 1.54) is 17.7 Å². The molecular weight excluding hydrogens is 412 g/mol. The zero-order valence-electron chi connectivity index (χ0n) is 19.4. The molecule has 5 rings (SSSR count). The number of para-hydroxylation sites is 1. The van der Waals surface area contributed by atoms with E-state index in [9.17, 15) is 9.59 Å². The van der Waals surface area contributed by atoms with Gasteiger partial charge in [0, 0.05) is 69.2 Å². The highest BCUT2D eigenvalue weighted by Gasteiger charge is 2.26. The molecule has 2 saturated heterocycles. The summed E-state index contributed by atoms with van der Waals surface area (Å²) in [5, 5.41) is 0. The fraction of sp³-hybridized carbons (Fsp3) is 0.519. The number of nitrogens with zero attached hydrogens (tertiary/aromatic N) is 4. The molecule has 0 saturated carbocycles. The lowest BCUT2D eigenvalue weighted by atomic mass is 9.92. The average molecular weight is 447 g/mol. The Hall–Kier alpha value is -2.89. The summed E-state index contributed by atoms with van der Waals surface area (Å²) < 4.78 is 0. The van der Waals surface area contributed by atoms with Gasteiger partial charge in [0.15, 0.2) is 0 Å². The number of rotatable bonds is 5. The number of anilines is 1. The Morgan fingerprint density at radius 2 is 1.67 bits per heavy atom. The van der Waals surface area contributed by atoms with Crippen molar-refractivity contribution in [1.82, 2.24) is 14.8 Å². The Balaban J connectivity index is 1.10. The van der Waals surface area contributed by atoms with Gasteiger partial charge in [-0.25, -0.2) is 0 Å². The number of fused-ring (bicyclic) bond motifs is 1. The van der Waals surface area contributed by atoms with E-state index in [0.717, 1.165) is 77.1 Å². The van der Waals surface area contributed by atoms with E-state index in [-0.39, 0.29) is 11.8 Å². The van der Waals surface area contributed by atoms with Crippen LogP contribution in [0.2, 0.25) is 0 Å². The Morgan fingerprint density at radius 1 is 0.879 bits per heavy atom. The van der Waals surface area contributed by atoms with Crippen LogP contribution in [-0.2, 0) is 11.2 Å². The molecule has 2 aromatic rings. The molecule has 174 valence electrons. The molecule has 0 spiro atoms. The molecule has 3 aliphatic heterocycles. The molecule has 0 radical (unpaired) electrons. The highest BCUT2D eigenvalue weighted by molar-refractivity contribution is 5.94. The van der Waals surface area contributed by atoms with Crippen LogP contribution in [0.5, 0.6) is 0 Å². The van der Waals surface area contributed by atoms with Gasteiger partial charge in [-0.05, 0) is 62.3 Å². The number of amides is 2. The number of carbonyl (C=O) groups excluding carboxylic acids is 2. The molecule has 0 aliphatic carbocycles. The first-order valence-corrected chi connectivity index (χ1v) is 12.5. The van der Waals surface area contributed by atoms with Crippen LogP contribution in [0.4, 0.5) is 5.69 Å². The summed E-state index contributed by atoms with van der Waals surface area (Å²) in [5.41, 5.74) is 4.42. The summed E-state index contributed by atoms with van der Waals surface area (Å²) in [4.78, 5) is 36.4. The Morgan fingerprint density at radius 3 is 2.42 bits per heavy atom. The molecule has 3 aliphatic rings. The van der Waals surface area contributed by atoms with Crippen LogP contribution < -0.4 is 4.90 Å². The molecule has 6 nitrogen and oxygen atoms in total. The first kappa shape index (κ1) is 21.9. The van der Waals surface area contributed by atoms with Crippen molar-refractivity contribution >= 4 is 17.5 Å². The van der Waals surface area contributed by atoms with E-state index in [1.54, 1.807) is 6.20 Å². The van der Waals surface area contributed by atoms with Gasteiger partial charge in [-0.15, -0.1) is 0 Å². The maximum absolute atomic E-state index is 12.8. The summed E-state index contributed by atoms with van der Waals surface area (Å²) in [6, 6.07) is 12.5. The summed E-state index contributed by atoms with van der Waals surface area (Å²) in [7, 11) is 0. The number of likely N-dealkylation sites (tertiary alicyclic amines) is 2.